The quantitative estimate of drug-likeness (QED) is 0.903. The zero-order valence-electron chi connectivity index (χ0n) is 9.93. The molecular weight excluding hydrogens is 265 g/mol. The molecule has 0 aliphatic carbocycles. The van der Waals surface area contributed by atoms with Crippen LogP contribution >= 0.6 is 0 Å². The van der Waals surface area contributed by atoms with Crippen molar-refractivity contribution in [2.24, 2.45) is 0 Å². The Hall–Kier alpha value is -2.39. The van der Waals surface area contributed by atoms with Gasteiger partial charge in [0.05, 0.1) is 18.9 Å². The van der Waals surface area contributed by atoms with Crippen LogP contribution in [0.3, 0.4) is 0 Å². The predicted octanol–water partition coefficient (Wildman–Crippen LogP) is 1.13. The molecular formula is C9H9F3N6O. The molecule has 0 bridgehead atoms. The number of hydrogen-bond acceptors (Lipinski definition) is 6. The Morgan fingerprint density at radius 1 is 1.26 bits per heavy atom. The van der Waals surface area contributed by atoms with Crippen LogP contribution in [0.5, 0.6) is 6.01 Å². The van der Waals surface area contributed by atoms with Crippen molar-refractivity contribution in [1.82, 2.24) is 24.7 Å². The summed E-state index contributed by atoms with van der Waals surface area (Å²) in [5.74, 6) is 0.0811. The smallest absolute Gasteiger partial charge is 0.419 e. The Kier molecular flexibility index (Phi) is 3.23. The van der Waals surface area contributed by atoms with Gasteiger partial charge in [0.25, 0.3) is 5.95 Å². The second-order valence-corrected chi connectivity index (χ2v) is 3.37. The fraction of sp³-hybridized carbons (Fsp3) is 0.333. The molecule has 2 aromatic rings. The molecule has 0 atom stereocenters. The van der Waals surface area contributed by atoms with Gasteiger partial charge in [-0.05, 0) is 0 Å². The van der Waals surface area contributed by atoms with E-state index >= 15 is 0 Å². The van der Waals surface area contributed by atoms with Crippen LogP contribution in [0.2, 0.25) is 0 Å². The zero-order chi connectivity index (χ0) is 14.0. The highest BCUT2D eigenvalue weighted by molar-refractivity contribution is 5.29. The second kappa shape index (κ2) is 4.71. The SMILES string of the molecule is CNc1nc(OC)nc(-n2cc(C(F)(F)F)cn2)n1. The summed E-state index contributed by atoms with van der Waals surface area (Å²) in [6.45, 7) is 0. The molecule has 0 aliphatic rings. The normalized spacial score (nSPS) is 11.4. The van der Waals surface area contributed by atoms with E-state index in [4.69, 9.17) is 4.74 Å². The Bertz CT molecular complexity index is 559. The lowest BCUT2D eigenvalue weighted by molar-refractivity contribution is -0.137. The first-order valence-corrected chi connectivity index (χ1v) is 5.04. The first kappa shape index (κ1) is 13.1. The van der Waals surface area contributed by atoms with Crippen molar-refractivity contribution < 1.29 is 17.9 Å². The van der Waals surface area contributed by atoms with Gasteiger partial charge in [-0.15, -0.1) is 0 Å². The average Bonchev–Trinajstić information content (AvgIpc) is 2.87. The van der Waals surface area contributed by atoms with Crippen LogP contribution in [0.25, 0.3) is 5.95 Å². The summed E-state index contributed by atoms with van der Waals surface area (Å²) in [5, 5.41) is 6.21. The largest absolute Gasteiger partial charge is 0.467 e. The first-order valence-electron chi connectivity index (χ1n) is 5.04. The lowest BCUT2D eigenvalue weighted by Gasteiger charge is -2.05. The Morgan fingerprint density at radius 2 is 2.00 bits per heavy atom. The van der Waals surface area contributed by atoms with Crippen molar-refractivity contribution in [3.8, 4) is 12.0 Å². The van der Waals surface area contributed by atoms with Crippen LogP contribution in [0.1, 0.15) is 5.56 Å². The number of halogens is 3. The first-order chi connectivity index (χ1) is 8.94. The lowest BCUT2D eigenvalue weighted by atomic mass is 10.4. The van der Waals surface area contributed by atoms with E-state index in [0.717, 1.165) is 10.9 Å². The van der Waals surface area contributed by atoms with E-state index in [9.17, 15) is 13.2 Å². The number of methoxy groups -OCH3 is 1. The Morgan fingerprint density at radius 3 is 2.53 bits per heavy atom. The molecule has 0 fully saturated rings. The maximum Gasteiger partial charge on any atom is 0.419 e. The maximum atomic E-state index is 12.5. The van der Waals surface area contributed by atoms with Crippen LogP contribution in [0.4, 0.5) is 19.1 Å². The molecule has 0 radical (unpaired) electrons. The average molecular weight is 274 g/mol. The van der Waals surface area contributed by atoms with Gasteiger partial charge in [-0.3, -0.25) is 0 Å². The van der Waals surface area contributed by atoms with Gasteiger partial charge < -0.3 is 10.1 Å². The standard InChI is InChI=1S/C9H9F3N6O/c1-13-6-15-7(17-8(16-6)19-2)18-4-5(3-14-18)9(10,11)12/h3-4H,1-2H3,(H,13,15,16,17). The number of anilines is 1. The molecule has 0 saturated heterocycles. The summed E-state index contributed by atoms with van der Waals surface area (Å²) in [6, 6.07) is -0.0293. The summed E-state index contributed by atoms with van der Waals surface area (Å²) in [4.78, 5) is 11.5. The number of ether oxygens (including phenoxy) is 1. The molecule has 0 spiro atoms. The van der Waals surface area contributed by atoms with Crippen LogP contribution in [-0.4, -0.2) is 38.9 Å². The number of hydrogen-bond donors (Lipinski definition) is 1. The second-order valence-electron chi connectivity index (χ2n) is 3.37. The van der Waals surface area contributed by atoms with Gasteiger partial charge >= 0.3 is 12.2 Å². The highest BCUT2D eigenvalue weighted by Crippen LogP contribution is 2.28. The summed E-state index contributed by atoms with van der Waals surface area (Å²) in [5.41, 5.74) is -0.891. The number of rotatable bonds is 3. The van der Waals surface area contributed by atoms with E-state index in [2.05, 4.69) is 25.4 Å². The van der Waals surface area contributed by atoms with E-state index in [1.807, 2.05) is 0 Å². The third-order valence-corrected chi connectivity index (χ3v) is 2.12. The molecule has 2 heterocycles. The molecule has 0 aliphatic heterocycles. The van der Waals surface area contributed by atoms with Crippen LogP contribution in [0, 0.1) is 0 Å². The molecule has 10 heteroatoms. The molecule has 0 unspecified atom stereocenters. The summed E-state index contributed by atoms with van der Waals surface area (Å²) in [7, 11) is 2.89. The van der Waals surface area contributed by atoms with Crippen molar-refractivity contribution in [2.75, 3.05) is 19.5 Å². The molecule has 1 N–H and O–H groups in total. The van der Waals surface area contributed by atoms with Crippen molar-refractivity contribution >= 4 is 5.95 Å². The Balaban J connectivity index is 2.43. The van der Waals surface area contributed by atoms with Gasteiger partial charge in [-0.1, -0.05) is 0 Å². The summed E-state index contributed by atoms with van der Waals surface area (Å²) in [6.07, 6.45) is -3.00. The minimum Gasteiger partial charge on any atom is -0.467 e. The van der Waals surface area contributed by atoms with E-state index in [1.54, 1.807) is 7.05 Å². The zero-order valence-corrected chi connectivity index (χ0v) is 9.93. The van der Waals surface area contributed by atoms with Crippen molar-refractivity contribution in [2.45, 2.75) is 6.18 Å². The van der Waals surface area contributed by atoms with Gasteiger partial charge in [0.15, 0.2) is 0 Å². The van der Waals surface area contributed by atoms with Gasteiger partial charge in [0.2, 0.25) is 5.95 Å². The predicted molar refractivity (Wildman–Crippen MR) is 58.0 cm³/mol. The summed E-state index contributed by atoms with van der Waals surface area (Å²) < 4.78 is 43.1. The highest BCUT2D eigenvalue weighted by atomic mass is 19.4. The number of alkyl halides is 3. The van der Waals surface area contributed by atoms with Gasteiger partial charge in [0, 0.05) is 13.2 Å². The third kappa shape index (κ3) is 2.72. The van der Waals surface area contributed by atoms with Crippen molar-refractivity contribution in [3.63, 3.8) is 0 Å². The van der Waals surface area contributed by atoms with Crippen LogP contribution in [-0.2, 0) is 6.18 Å². The molecule has 0 aromatic carbocycles. The molecule has 7 nitrogen and oxygen atoms in total. The Labute approximate surface area is 105 Å². The minimum atomic E-state index is -4.47. The fourth-order valence-corrected chi connectivity index (χ4v) is 1.23. The molecule has 0 saturated carbocycles. The molecule has 2 aromatic heterocycles. The van der Waals surface area contributed by atoms with Gasteiger partial charge in [0.1, 0.15) is 0 Å². The molecule has 102 valence electrons. The third-order valence-electron chi connectivity index (χ3n) is 2.12. The maximum absolute atomic E-state index is 12.5. The summed E-state index contributed by atoms with van der Waals surface area (Å²) >= 11 is 0. The number of nitrogens with one attached hydrogen (secondary N) is 1. The highest BCUT2D eigenvalue weighted by Gasteiger charge is 2.32. The fourth-order valence-electron chi connectivity index (χ4n) is 1.23. The van der Waals surface area contributed by atoms with Crippen LogP contribution < -0.4 is 10.1 Å². The van der Waals surface area contributed by atoms with Crippen molar-refractivity contribution in [3.05, 3.63) is 18.0 Å². The van der Waals surface area contributed by atoms with Gasteiger partial charge in [-0.25, -0.2) is 4.68 Å². The van der Waals surface area contributed by atoms with E-state index in [1.165, 1.54) is 7.11 Å². The monoisotopic (exact) mass is 274 g/mol. The molecule has 2 rings (SSSR count). The topological polar surface area (TPSA) is 77.8 Å². The minimum absolute atomic E-state index is 0.0293. The van der Waals surface area contributed by atoms with Crippen LogP contribution in [0.15, 0.2) is 12.4 Å². The van der Waals surface area contributed by atoms with E-state index in [-0.39, 0.29) is 17.9 Å². The number of aromatic nitrogens is 5. The lowest BCUT2D eigenvalue weighted by Crippen LogP contribution is -2.08. The molecule has 19 heavy (non-hydrogen) atoms. The van der Waals surface area contributed by atoms with E-state index in [0.29, 0.717) is 6.20 Å². The van der Waals surface area contributed by atoms with E-state index < -0.39 is 11.7 Å². The van der Waals surface area contributed by atoms with Crippen molar-refractivity contribution in [1.29, 1.82) is 0 Å². The van der Waals surface area contributed by atoms with Gasteiger partial charge in [-0.2, -0.15) is 33.2 Å². The number of nitrogens with zero attached hydrogens (tertiary/aromatic N) is 5. The molecule has 0 amide bonds.